The molecule has 2 aliphatic heterocycles. The average molecular weight is 432 g/mol. The number of amides is 1. The lowest BCUT2D eigenvalue weighted by Crippen LogP contribution is -2.53. The number of carbonyl (C=O) groups excluding carboxylic acids is 3. The van der Waals surface area contributed by atoms with Crippen molar-refractivity contribution >= 4 is 28.9 Å². The number of rotatable bonds is 3. The van der Waals surface area contributed by atoms with Crippen molar-refractivity contribution in [2.24, 2.45) is 0 Å². The lowest BCUT2D eigenvalue weighted by atomic mass is 9.86. The summed E-state index contributed by atoms with van der Waals surface area (Å²) in [6.07, 6.45) is 1.64. The van der Waals surface area contributed by atoms with Crippen LogP contribution >= 0.6 is 0 Å². The molecule has 3 heterocycles. The molecule has 0 N–H and O–H groups in total. The second-order valence-electron chi connectivity index (χ2n) is 8.22. The van der Waals surface area contributed by atoms with Gasteiger partial charge in [0.25, 0.3) is 0 Å². The molecular weight excluding hydrogens is 408 g/mol. The first-order valence-corrected chi connectivity index (χ1v) is 10.8. The Morgan fingerprint density at radius 2 is 1.78 bits per heavy atom. The van der Waals surface area contributed by atoms with Crippen LogP contribution < -0.4 is 0 Å². The molecule has 0 aliphatic carbocycles. The van der Waals surface area contributed by atoms with Crippen LogP contribution in [0, 0.1) is 0 Å². The number of nitrogens with zero attached hydrogens (tertiary/aromatic N) is 2. The van der Waals surface area contributed by atoms with Gasteiger partial charge in [-0.15, -0.1) is 0 Å². The van der Waals surface area contributed by atoms with Gasteiger partial charge in [0.05, 0.1) is 30.8 Å². The van der Waals surface area contributed by atoms with Crippen LogP contribution in [0.1, 0.15) is 42.1 Å². The van der Waals surface area contributed by atoms with Crippen molar-refractivity contribution < 1.29 is 23.9 Å². The maximum atomic E-state index is 13.3. The largest absolute Gasteiger partial charge is 0.467 e. The third-order valence-electron chi connectivity index (χ3n) is 6.44. The summed E-state index contributed by atoms with van der Waals surface area (Å²) in [5, 5.41) is 0.868. The van der Waals surface area contributed by atoms with Gasteiger partial charge in [-0.1, -0.05) is 48.5 Å². The van der Waals surface area contributed by atoms with Crippen molar-refractivity contribution in [2.45, 2.75) is 44.4 Å². The van der Waals surface area contributed by atoms with E-state index in [4.69, 9.17) is 9.47 Å². The Hall–Kier alpha value is -3.61. The van der Waals surface area contributed by atoms with Crippen molar-refractivity contribution in [3.63, 3.8) is 0 Å². The molecule has 1 fully saturated rings. The van der Waals surface area contributed by atoms with Crippen LogP contribution in [-0.2, 0) is 32.1 Å². The number of fused-ring (bicyclic) bond motifs is 5. The second kappa shape index (κ2) is 8.15. The molecule has 7 heteroatoms. The molecular formula is C25H24N2O5. The molecule has 32 heavy (non-hydrogen) atoms. The molecule has 3 aromatic rings. The average Bonchev–Trinajstić information content (AvgIpc) is 3.17. The standard InChI is InChI=1S/C25H24N2O5/c1-31-24(29)21-13-7-12-20-23-18(14-22(28)26(20)21)17-10-5-6-11-19(17)27(23)25(30)32-15-16-8-3-2-4-9-16/h2-6,8-11,20-21H,7,12-15H2,1H3/t20-,21+/m1/s1. The van der Waals surface area contributed by atoms with Gasteiger partial charge in [0.1, 0.15) is 12.6 Å². The number of hydrogen-bond acceptors (Lipinski definition) is 5. The predicted octanol–water partition coefficient (Wildman–Crippen LogP) is 3.98. The minimum atomic E-state index is -0.633. The van der Waals surface area contributed by atoms with E-state index in [1.165, 1.54) is 7.11 Å². The molecule has 164 valence electrons. The number of piperidine rings is 1. The van der Waals surface area contributed by atoms with Crippen LogP contribution in [0.4, 0.5) is 4.79 Å². The molecule has 0 saturated carbocycles. The molecule has 0 radical (unpaired) electrons. The summed E-state index contributed by atoms with van der Waals surface area (Å²) in [7, 11) is 1.34. The molecule has 1 saturated heterocycles. The van der Waals surface area contributed by atoms with Gasteiger partial charge < -0.3 is 14.4 Å². The highest BCUT2D eigenvalue weighted by Crippen LogP contribution is 2.44. The number of para-hydroxylation sites is 1. The molecule has 0 bridgehead atoms. The minimum Gasteiger partial charge on any atom is -0.467 e. The predicted molar refractivity (Wildman–Crippen MR) is 117 cm³/mol. The Kier molecular flexibility index (Phi) is 5.17. The summed E-state index contributed by atoms with van der Waals surface area (Å²) in [6, 6.07) is 16.1. The van der Waals surface area contributed by atoms with E-state index in [2.05, 4.69) is 0 Å². The number of carbonyl (C=O) groups is 3. The van der Waals surface area contributed by atoms with Crippen molar-refractivity contribution in [3.05, 3.63) is 71.4 Å². The van der Waals surface area contributed by atoms with Crippen LogP contribution in [0.15, 0.2) is 54.6 Å². The molecule has 1 amide bonds. The fourth-order valence-corrected chi connectivity index (χ4v) is 5.07. The van der Waals surface area contributed by atoms with Crippen LogP contribution in [-0.4, -0.2) is 40.6 Å². The van der Waals surface area contributed by atoms with E-state index < -0.39 is 18.1 Å². The molecule has 7 nitrogen and oxygen atoms in total. The molecule has 0 spiro atoms. The molecule has 0 unspecified atom stereocenters. The van der Waals surface area contributed by atoms with E-state index in [1.807, 2.05) is 54.6 Å². The van der Waals surface area contributed by atoms with Gasteiger partial charge in [0.15, 0.2) is 0 Å². The van der Waals surface area contributed by atoms with Gasteiger partial charge in [-0.2, -0.15) is 0 Å². The lowest BCUT2D eigenvalue weighted by Gasteiger charge is -2.43. The Labute approximate surface area is 185 Å². The maximum absolute atomic E-state index is 13.3. The van der Waals surface area contributed by atoms with E-state index in [1.54, 1.807) is 9.47 Å². The minimum absolute atomic E-state index is 0.113. The number of ether oxygens (including phenoxy) is 2. The number of aromatic nitrogens is 1. The third-order valence-corrected chi connectivity index (χ3v) is 6.44. The number of hydrogen-bond donors (Lipinski definition) is 0. The molecule has 2 aromatic carbocycles. The van der Waals surface area contributed by atoms with Crippen molar-refractivity contribution in [2.75, 3.05) is 7.11 Å². The Bertz CT molecular complexity index is 1200. The Morgan fingerprint density at radius 3 is 2.56 bits per heavy atom. The van der Waals surface area contributed by atoms with E-state index in [9.17, 15) is 14.4 Å². The monoisotopic (exact) mass is 432 g/mol. The van der Waals surface area contributed by atoms with Gasteiger partial charge in [0.2, 0.25) is 5.91 Å². The van der Waals surface area contributed by atoms with Crippen LogP contribution in [0.2, 0.25) is 0 Å². The summed E-state index contributed by atoms with van der Waals surface area (Å²) >= 11 is 0. The summed E-state index contributed by atoms with van der Waals surface area (Å²) < 4.78 is 12.2. The van der Waals surface area contributed by atoms with Gasteiger partial charge in [0, 0.05) is 5.39 Å². The fraction of sp³-hybridized carbons (Fsp3) is 0.320. The van der Waals surface area contributed by atoms with Crippen molar-refractivity contribution in [1.29, 1.82) is 0 Å². The van der Waals surface area contributed by atoms with E-state index >= 15 is 0 Å². The van der Waals surface area contributed by atoms with Gasteiger partial charge in [-0.3, -0.25) is 4.79 Å². The first kappa shape index (κ1) is 20.3. The zero-order valence-electron chi connectivity index (χ0n) is 17.8. The smallest absolute Gasteiger partial charge is 0.419 e. The van der Waals surface area contributed by atoms with E-state index in [0.717, 1.165) is 28.6 Å². The first-order valence-electron chi connectivity index (χ1n) is 10.8. The first-order chi connectivity index (χ1) is 15.6. The van der Waals surface area contributed by atoms with Crippen LogP contribution in [0.5, 0.6) is 0 Å². The number of esters is 1. The van der Waals surface area contributed by atoms with Gasteiger partial charge in [-0.05, 0) is 36.5 Å². The summed E-state index contributed by atoms with van der Waals surface area (Å²) in [6.45, 7) is 0.152. The van der Waals surface area contributed by atoms with Gasteiger partial charge in [-0.25, -0.2) is 14.2 Å². The Morgan fingerprint density at radius 1 is 1.03 bits per heavy atom. The van der Waals surface area contributed by atoms with Crippen molar-refractivity contribution in [1.82, 2.24) is 9.47 Å². The molecule has 5 rings (SSSR count). The number of benzene rings is 2. The maximum Gasteiger partial charge on any atom is 0.419 e. The Balaban J connectivity index is 1.59. The normalized spacial score (nSPS) is 19.9. The highest BCUT2D eigenvalue weighted by Gasteiger charge is 2.46. The molecule has 2 atom stereocenters. The third kappa shape index (κ3) is 3.25. The summed E-state index contributed by atoms with van der Waals surface area (Å²) in [5.41, 5.74) is 3.20. The van der Waals surface area contributed by atoms with Crippen LogP contribution in [0.3, 0.4) is 0 Å². The quantitative estimate of drug-likeness (QED) is 0.585. The highest BCUT2D eigenvalue weighted by molar-refractivity contribution is 5.99. The molecule has 1 aromatic heterocycles. The summed E-state index contributed by atoms with van der Waals surface area (Å²) in [5.74, 6) is -0.529. The zero-order chi connectivity index (χ0) is 22.2. The zero-order valence-corrected chi connectivity index (χ0v) is 17.8. The van der Waals surface area contributed by atoms with Crippen molar-refractivity contribution in [3.8, 4) is 0 Å². The summed E-state index contributed by atoms with van der Waals surface area (Å²) in [4.78, 5) is 40.5. The molecule has 2 aliphatic rings. The number of methoxy groups -OCH3 is 1. The second-order valence-corrected chi connectivity index (χ2v) is 8.22. The van der Waals surface area contributed by atoms with Gasteiger partial charge >= 0.3 is 12.1 Å². The SMILES string of the molecule is COC(=O)[C@@H]1CCC[C@@H]2c3c(c4ccccc4n3C(=O)OCc3ccccc3)CC(=O)N21. The van der Waals surface area contributed by atoms with E-state index in [-0.39, 0.29) is 25.0 Å². The highest BCUT2D eigenvalue weighted by atomic mass is 16.5. The fourth-order valence-electron chi connectivity index (χ4n) is 5.07. The van der Waals surface area contributed by atoms with E-state index in [0.29, 0.717) is 18.4 Å². The topological polar surface area (TPSA) is 77.8 Å². The van der Waals surface area contributed by atoms with Crippen LogP contribution in [0.25, 0.3) is 10.9 Å². The lowest BCUT2D eigenvalue weighted by molar-refractivity contribution is -0.158.